The van der Waals surface area contributed by atoms with Crippen molar-refractivity contribution in [3.63, 3.8) is 0 Å². The molecule has 0 atom stereocenters. The normalized spacial score (nSPS) is 9.73. The fourth-order valence-electron chi connectivity index (χ4n) is 2.88. The van der Waals surface area contributed by atoms with E-state index in [0.29, 0.717) is 0 Å². The van der Waals surface area contributed by atoms with E-state index in [-0.39, 0.29) is 0 Å². The van der Waals surface area contributed by atoms with Crippen LogP contribution < -0.4 is 0 Å². The minimum absolute atomic E-state index is 0.849. The van der Waals surface area contributed by atoms with E-state index in [1.54, 1.807) is 6.26 Å². The van der Waals surface area contributed by atoms with Crippen LogP contribution in [0.2, 0.25) is 0 Å². The topological polar surface area (TPSA) is 18.5 Å². The molecule has 0 spiro atoms. The fraction of sp³-hybridized carbons (Fsp3) is 0.750. The molecule has 0 radical (unpaired) electrons. The Kier molecular flexibility index (Phi) is 29.8. The van der Waals surface area contributed by atoms with Crippen molar-refractivity contribution in [1.82, 2.24) is 0 Å². The molecule has 2 heteroatoms. The zero-order valence-electron chi connectivity index (χ0n) is 17.7. The first-order valence-corrected chi connectivity index (χ1v) is 10.9. The Morgan fingerprint density at radius 1 is 0.500 bits per heavy atom. The van der Waals surface area contributed by atoms with Crippen LogP contribution >= 0.6 is 0 Å². The third-order valence-electron chi connectivity index (χ3n) is 4.43. The van der Waals surface area contributed by atoms with Gasteiger partial charge < -0.3 is 9.47 Å². The first-order valence-electron chi connectivity index (χ1n) is 10.9. The average molecular weight is 367 g/mol. The van der Waals surface area contributed by atoms with Gasteiger partial charge in [-0.15, -0.1) is 0 Å². The van der Waals surface area contributed by atoms with Gasteiger partial charge in [-0.05, 0) is 6.42 Å². The second-order valence-corrected chi connectivity index (χ2v) is 6.81. The lowest BCUT2D eigenvalue weighted by molar-refractivity contribution is 0.241. The Labute approximate surface area is 164 Å². The summed E-state index contributed by atoms with van der Waals surface area (Å²) in [5.74, 6) is 0. The molecule has 0 bridgehead atoms. The maximum Gasteiger partial charge on any atom is 0.0873 e. The van der Waals surface area contributed by atoms with E-state index in [4.69, 9.17) is 4.74 Å². The van der Waals surface area contributed by atoms with Crippen molar-refractivity contribution in [2.45, 2.75) is 110 Å². The largest absolute Gasteiger partial charge is 0.502 e. The highest BCUT2D eigenvalue weighted by atomic mass is 16.5. The third-order valence-corrected chi connectivity index (χ3v) is 4.43. The van der Waals surface area contributed by atoms with Crippen LogP contribution in [0.3, 0.4) is 0 Å². The molecule has 0 saturated carbocycles. The smallest absolute Gasteiger partial charge is 0.0873 e. The number of rotatable bonds is 20. The summed E-state index contributed by atoms with van der Waals surface area (Å²) < 4.78 is 9.48. The van der Waals surface area contributed by atoms with Crippen LogP contribution in [0.4, 0.5) is 0 Å². The van der Waals surface area contributed by atoms with Crippen LogP contribution in [-0.4, -0.2) is 6.61 Å². The summed E-state index contributed by atoms with van der Waals surface area (Å²) in [6.07, 6.45) is 26.8. The van der Waals surface area contributed by atoms with E-state index in [1.165, 1.54) is 115 Å². The van der Waals surface area contributed by atoms with Crippen molar-refractivity contribution in [2.24, 2.45) is 0 Å². The van der Waals surface area contributed by atoms with Crippen LogP contribution in [0.5, 0.6) is 0 Å². The first kappa shape index (κ1) is 27.0. The van der Waals surface area contributed by atoms with Gasteiger partial charge in [0.05, 0.1) is 25.4 Å². The summed E-state index contributed by atoms with van der Waals surface area (Å²) in [6, 6.07) is 0. The minimum Gasteiger partial charge on any atom is -0.502 e. The number of hydrogen-bond donors (Lipinski definition) is 0. The standard InChI is InChI=1S/C20H40O.C4H6O/c1-3-5-6-7-8-9-10-11-12-13-14-15-16-17-18-19-20-21-4-2;1-3-5-4-2/h4H,2-3,5-20H2,1H3;3-4H,1-2H2. The maximum absolute atomic E-state index is 5.12. The number of ether oxygens (including phenoxy) is 2. The van der Waals surface area contributed by atoms with E-state index in [2.05, 4.69) is 31.4 Å². The van der Waals surface area contributed by atoms with Crippen molar-refractivity contribution in [1.29, 1.82) is 0 Å². The molecular weight excluding hydrogens is 320 g/mol. The predicted molar refractivity (Wildman–Crippen MR) is 117 cm³/mol. The molecule has 26 heavy (non-hydrogen) atoms. The molecule has 0 rings (SSSR count). The van der Waals surface area contributed by atoms with Crippen molar-refractivity contribution in [3.8, 4) is 0 Å². The molecule has 0 N–H and O–H groups in total. The molecule has 0 aromatic carbocycles. The second kappa shape index (κ2) is 28.6. The zero-order valence-corrected chi connectivity index (χ0v) is 17.7. The summed E-state index contributed by atoms with van der Waals surface area (Å²) >= 11 is 0. The van der Waals surface area contributed by atoms with Crippen LogP contribution in [0.1, 0.15) is 110 Å². The van der Waals surface area contributed by atoms with E-state index < -0.39 is 0 Å². The molecule has 0 fully saturated rings. The third kappa shape index (κ3) is 30.7. The van der Waals surface area contributed by atoms with Crippen molar-refractivity contribution in [3.05, 3.63) is 38.5 Å². The summed E-state index contributed by atoms with van der Waals surface area (Å²) in [5, 5.41) is 0. The monoisotopic (exact) mass is 366 g/mol. The van der Waals surface area contributed by atoms with Crippen LogP contribution in [0, 0.1) is 0 Å². The van der Waals surface area contributed by atoms with Crippen LogP contribution in [0.15, 0.2) is 38.5 Å². The van der Waals surface area contributed by atoms with Gasteiger partial charge in [-0.2, -0.15) is 0 Å². The highest BCUT2D eigenvalue weighted by Crippen LogP contribution is 2.13. The van der Waals surface area contributed by atoms with Crippen molar-refractivity contribution < 1.29 is 9.47 Å². The van der Waals surface area contributed by atoms with Crippen molar-refractivity contribution >= 4 is 0 Å². The molecule has 0 aromatic rings. The molecule has 0 aromatic heterocycles. The van der Waals surface area contributed by atoms with E-state index in [1.807, 2.05) is 0 Å². The minimum atomic E-state index is 0.849. The lowest BCUT2D eigenvalue weighted by atomic mass is 10.0. The summed E-state index contributed by atoms with van der Waals surface area (Å²) in [5.41, 5.74) is 0. The lowest BCUT2D eigenvalue weighted by Gasteiger charge is -2.03. The van der Waals surface area contributed by atoms with Crippen molar-refractivity contribution in [2.75, 3.05) is 6.61 Å². The highest BCUT2D eigenvalue weighted by molar-refractivity contribution is 4.57. The Morgan fingerprint density at radius 3 is 1.12 bits per heavy atom. The molecule has 0 aliphatic rings. The zero-order chi connectivity index (χ0) is 19.6. The van der Waals surface area contributed by atoms with Gasteiger partial charge in [0.1, 0.15) is 0 Å². The van der Waals surface area contributed by atoms with E-state index in [9.17, 15) is 0 Å². The molecule has 2 nitrogen and oxygen atoms in total. The van der Waals surface area contributed by atoms with Gasteiger partial charge in [0.15, 0.2) is 0 Å². The van der Waals surface area contributed by atoms with E-state index in [0.717, 1.165) is 6.61 Å². The van der Waals surface area contributed by atoms with Gasteiger partial charge in [0, 0.05) is 0 Å². The Balaban J connectivity index is 0. The Morgan fingerprint density at radius 2 is 0.846 bits per heavy atom. The molecule has 0 amide bonds. The second-order valence-electron chi connectivity index (χ2n) is 6.81. The van der Waals surface area contributed by atoms with Crippen LogP contribution in [-0.2, 0) is 9.47 Å². The lowest BCUT2D eigenvalue weighted by Crippen LogP contribution is -1.87. The number of hydrogen-bond acceptors (Lipinski definition) is 2. The quantitative estimate of drug-likeness (QED) is 0.158. The molecule has 0 saturated heterocycles. The summed E-state index contributed by atoms with van der Waals surface area (Å²) in [7, 11) is 0. The molecule has 0 aliphatic heterocycles. The average Bonchev–Trinajstić information content (AvgIpc) is 2.65. The molecule has 154 valence electrons. The molecule has 0 heterocycles. The fourth-order valence-corrected chi connectivity index (χ4v) is 2.88. The highest BCUT2D eigenvalue weighted by Gasteiger charge is 1.94. The van der Waals surface area contributed by atoms with Gasteiger partial charge >= 0.3 is 0 Å². The summed E-state index contributed by atoms with van der Waals surface area (Å²) in [6.45, 7) is 13.2. The molecule has 0 unspecified atom stereocenters. The van der Waals surface area contributed by atoms with Gasteiger partial charge in [-0.25, -0.2) is 0 Å². The number of unbranched alkanes of at least 4 members (excludes halogenated alkanes) is 15. The Bertz CT molecular complexity index is 267. The first-order chi connectivity index (χ1) is 12.8. The van der Waals surface area contributed by atoms with Crippen LogP contribution in [0.25, 0.3) is 0 Å². The van der Waals surface area contributed by atoms with Gasteiger partial charge in [-0.1, -0.05) is 123 Å². The SMILES string of the molecule is C=COC=C.C=COCCCCCCCCCCCCCCCCCC. The molecular formula is C24H46O2. The summed E-state index contributed by atoms with van der Waals surface area (Å²) in [4.78, 5) is 0. The molecule has 0 aliphatic carbocycles. The predicted octanol–water partition coefficient (Wildman–Crippen LogP) is 8.70. The van der Waals surface area contributed by atoms with Gasteiger partial charge in [0.25, 0.3) is 0 Å². The maximum atomic E-state index is 5.12. The Hall–Kier alpha value is -1.18. The van der Waals surface area contributed by atoms with Gasteiger partial charge in [0.2, 0.25) is 0 Å². The van der Waals surface area contributed by atoms with E-state index >= 15 is 0 Å². The van der Waals surface area contributed by atoms with Gasteiger partial charge in [-0.3, -0.25) is 0 Å².